The molecule has 0 fully saturated rings. The second-order valence-electron chi connectivity index (χ2n) is 5.32. The molecule has 0 spiro atoms. The first kappa shape index (κ1) is 24.3. The van der Waals surface area contributed by atoms with E-state index in [0.717, 1.165) is 22.3 Å². The summed E-state index contributed by atoms with van der Waals surface area (Å²) in [5, 5.41) is 19.7. The highest BCUT2D eigenvalue weighted by atomic mass is 19.4. The molecular weight excluding hydrogens is 424 g/mol. The summed E-state index contributed by atoms with van der Waals surface area (Å²) in [6.45, 7) is 0. The summed E-state index contributed by atoms with van der Waals surface area (Å²) in [5.74, 6) is -5.51. The van der Waals surface area contributed by atoms with Crippen molar-refractivity contribution in [3.63, 3.8) is 0 Å². The minimum atomic E-state index is -5.08. The van der Waals surface area contributed by atoms with Gasteiger partial charge in [-0.3, -0.25) is 0 Å². The molecule has 0 saturated carbocycles. The lowest BCUT2D eigenvalue weighted by atomic mass is 10.2. The Hall–Kier alpha value is -3.77. The van der Waals surface area contributed by atoms with E-state index in [2.05, 4.69) is 5.10 Å². The van der Waals surface area contributed by atoms with Crippen molar-refractivity contribution in [1.82, 2.24) is 9.78 Å². The van der Waals surface area contributed by atoms with Crippen molar-refractivity contribution >= 4 is 28.5 Å². The molecule has 0 atom stereocenters. The fourth-order valence-corrected chi connectivity index (χ4v) is 1.83. The average Bonchev–Trinajstić information content (AvgIpc) is 3.05. The van der Waals surface area contributed by atoms with Crippen LogP contribution in [-0.4, -0.2) is 44.3 Å². The maximum absolute atomic E-state index is 10.6. The van der Waals surface area contributed by atoms with E-state index in [1.807, 2.05) is 59.4 Å². The molecule has 0 amide bonds. The SMILES string of the molecule is Nc1ccc2c(cnn2-c2ccccc2)c1.O=C(O)C(F)(F)F.O=C(O)C(F)(F)F. The highest BCUT2D eigenvalue weighted by molar-refractivity contribution is 5.83. The molecule has 1 aromatic heterocycles. The molecule has 3 aromatic rings. The Labute approximate surface area is 163 Å². The molecule has 7 nitrogen and oxygen atoms in total. The smallest absolute Gasteiger partial charge is 0.475 e. The van der Waals surface area contributed by atoms with Crippen LogP contribution in [0.15, 0.2) is 54.7 Å². The zero-order valence-corrected chi connectivity index (χ0v) is 14.6. The third-order valence-electron chi connectivity index (χ3n) is 3.08. The quantitative estimate of drug-likeness (QED) is 0.393. The summed E-state index contributed by atoms with van der Waals surface area (Å²) in [5.41, 5.74) is 8.63. The number of anilines is 1. The Morgan fingerprint density at radius 2 is 1.33 bits per heavy atom. The third kappa shape index (κ3) is 7.33. The Balaban J connectivity index is 0.000000271. The van der Waals surface area contributed by atoms with E-state index in [-0.39, 0.29) is 0 Å². The zero-order chi connectivity index (χ0) is 23.1. The molecule has 0 aliphatic heterocycles. The second-order valence-corrected chi connectivity index (χ2v) is 5.32. The molecule has 0 saturated heterocycles. The van der Waals surface area contributed by atoms with Gasteiger partial charge in [0.15, 0.2) is 0 Å². The number of aliphatic carboxylic acids is 2. The van der Waals surface area contributed by atoms with Gasteiger partial charge in [-0.25, -0.2) is 14.3 Å². The average molecular weight is 437 g/mol. The van der Waals surface area contributed by atoms with Gasteiger partial charge in [-0.05, 0) is 30.3 Å². The van der Waals surface area contributed by atoms with Crippen molar-refractivity contribution in [3.05, 3.63) is 54.7 Å². The first-order valence-electron chi connectivity index (χ1n) is 7.62. The Kier molecular flexibility index (Phi) is 7.79. The van der Waals surface area contributed by atoms with E-state index in [1.165, 1.54) is 0 Å². The summed E-state index contributed by atoms with van der Waals surface area (Å²) < 4.78 is 65.4. The van der Waals surface area contributed by atoms with E-state index >= 15 is 0 Å². The molecule has 0 radical (unpaired) electrons. The number of para-hydroxylation sites is 1. The summed E-state index contributed by atoms with van der Waals surface area (Å²) in [6, 6.07) is 15.9. The van der Waals surface area contributed by atoms with Crippen molar-refractivity contribution in [2.24, 2.45) is 0 Å². The lowest BCUT2D eigenvalue weighted by Crippen LogP contribution is -2.21. The number of hydrogen-bond donors (Lipinski definition) is 3. The normalized spacial score (nSPS) is 11.0. The molecule has 162 valence electrons. The van der Waals surface area contributed by atoms with Gasteiger partial charge < -0.3 is 15.9 Å². The van der Waals surface area contributed by atoms with Crippen molar-refractivity contribution < 1.29 is 46.1 Å². The molecule has 4 N–H and O–H groups in total. The largest absolute Gasteiger partial charge is 0.490 e. The molecule has 0 aliphatic carbocycles. The van der Waals surface area contributed by atoms with Crippen molar-refractivity contribution in [2.45, 2.75) is 12.4 Å². The zero-order valence-electron chi connectivity index (χ0n) is 14.6. The molecule has 0 aliphatic rings. The highest BCUT2D eigenvalue weighted by Gasteiger charge is 2.38. The Morgan fingerprint density at radius 1 is 0.867 bits per heavy atom. The van der Waals surface area contributed by atoms with Crippen LogP contribution in [0.3, 0.4) is 0 Å². The van der Waals surface area contributed by atoms with Crippen LogP contribution in [0.4, 0.5) is 32.0 Å². The van der Waals surface area contributed by atoms with E-state index < -0.39 is 24.3 Å². The number of nitrogen functional groups attached to an aromatic ring is 1. The van der Waals surface area contributed by atoms with E-state index in [1.54, 1.807) is 0 Å². The van der Waals surface area contributed by atoms with Crippen molar-refractivity contribution in [1.29, 1.82) is 0 Å². The third-order valence-corrected chi connectivity index (χ3v) is 3.08. The number of nitrogens with two attached hydrogens (primary N) is 1. The number of carbonyl (C=O) groups is 2. The van der Waals surface area contributed by atoms with Crippen LogP contribution < -0.4 is 5.73 Å². The van der Waals surface area contributed by atoms with Gasteiger partial charge in [0.05, 0.1) is 17.4 Å². The first-order valence-corrected chi connectivity index (χ1v) is 7.62. The minimum absolute atomic E-state index is 0.764. The van der Waals surface area contributed by atoms with Crippen LogP contribution in [0.2, 0.25) is 0 Å². The van der Waals surface area contributed by atoms with Crippen molar-refractivity contribution in [2.75, 3.05) is 5.73 Å². The molecular formula is C17H13F6N3O4. The molecule has 1 heterocycles. The number of fused-ring (bicyclic) bond motifs is 1. The second kappa shape index (κ2) is 9.62. The van der Waals surface area contributed by atoms with Gasteiger partial charge in [-0.15, -0.1) is 0 Å². The summed E-state index contributed by atoms with van der Waals surface area (Å²) in [6.07, 6.45) is -8.33. The molecule has 13 heteroatoms. The summed E-state index contributed by atoms with van der Waals surface area (Å²) in [7, 11) is 0. The van der Waals surface area contributed by atoms with Gasteiger partial charge in [0.1, 0.15) is 0 Å². The van der Waals surface area contributed by atoms with Crippen LogP contribution in [0.1, 0.15) is 0 Å². The Morgan fingerprint density at radius 3 is 1.77 bits per heavy atom. The lowest BCUT2D eigenvalue weighted by Gasteiger charge is -2.02. The molecule has 3 rings (SSSR count). The minimum Gasteiger partial charge on any atom is -0.475 e. The van der Waals surface area contributed by atoms with Gasteiger partial charge >= 0.3 is 24.3 Å². The number of carboxylic acids is 2. The number of nitrogens with zero attached hydrogens (tertiary/aromatic N) is 2. The van der Waals surface area contributed by atoms with Gasteiger partial charge in [0.25, 0.3) is 0 Å². The van der Waals surface area contributed by atoms with Crippen LogP contribution in [-0.2, 0) is 9.59 Å². The van der Waals surface area contributed by atoms with E-state index in [4.69, 9.17) is 25.5 Å². The van der Waals surface area contributed by atoms with Crippen LogP contribution >= 0.6 is 0 Å². The maximum atomic E-state index is 10.6. The molecule has 30 heavy (non-hydrogen) atoms. The van der Waals surface area contributed by atoms with Crippen molar-refractivity contribution in [3.8, 4) is 5.69 Å². The number of hydrogen-bond acceptors (Lipinski definition) is 4. The van der Waals surface area contributed by atoms with Gasteiger partial charge in [-0.2, -0.15) is 31.4 Å². The van der Waals surface area contributed by atoms with Gasteiger partial charge in [-0.1, -0.05) is 18.2 Å². The lowest BCUT2D eigenvalue weighted by molar-refractivity contribution is -0.193. The predicted octanol–water partition coefficient (Wildman–Crippen LogP) is 3.87. The fraction of sp³-hybridized carbons (Fsp3) is 0.118. The monoisotopic (exact) mass is 437 g/mol. The first-order chi connectivity index (χ1) is 13.7. The van der Waals surface area contributed by atoms with Gasteiger partial charge in [0.2, 0.25) is 0 Å². The standard InChI is InChI=1S/C13H11N3.2C2HF3O2/c14-11-6-7-13-10(8-11)9-15-16(13)12-4-2-1-3-5-12;2*3-2(4,5)1(6)7/h1-9H,14H2;2*(H,6,7). The number of rotatable bonds is 1. The number of aromatic nitrogens is 2. The Bertz CT molecular complexity index is 976. The topological polar surface area (TPSA) is 118 Å². The number of benzene rings is 2. The summed E-state index contributed by atoms with van der Waals surface area (Å²) >= 11 is 0. The summed E-state index contributed by atoms with van der Waals surface area (Å²) in [4.78, 5) is 17.8. The van der Waals surface area contributed by atoms with E-state index in [9.17, 15) is 26.3 Å². The highest BCUT2D eigenvalue weighted by Crippen LogP contribution is 2.20. The van der Waals surface area contributed by atoms with Gasteiger partial charge in [0, 0.05) is 11.1 Å². The molecule has 0 unspecified atom stereocenters. The number of carboxylic acid groups (broad SMARTS) is 2. The predicted molar refractivity (Wildman–Crippen MR) is 92.9 cm³/mol. The number of halogens is 6. The van der Waals surface area contributed by atoms with Crippen LogP contribution in [0, 0.1) is 0 Å². The maximum Gasteiger partial charge on any atom is 0.490 e. The number of alkyl halides is 6. The van der Waals surface area contributed by atoms with Crippen LogP contribution in [0.5, 0.6) is 0 Å². The molecule has 0 bridgehead atoms. The van der Waals surface area contributed by atoms with E-state index in [0.29, 0.717) is 0 Å². The van der Waals surface area contributed by atoms with Crippen LogP contribution in [0.25, 0.3) is 16.6 Å². The molecule has 2 aromatic carbocycles. The fourth-order valence-electron chi connectivity index (χ4n) is 1.83.